The predicted octanol–water partition coefficient (Wildman–Crippen LogP) is 1.41. The van der Waals surface area contributed by atoms with Crippen LogP contribution in [-0.4, -0.2) is 11.0 Å². The van der Waals surface area contributed by atoms with Gasteiger partial charge in [-0.05, 0) is 31.0 Å². The lowest BCUT2D eigenvalue weighted by Crippen LogP contribution is -2.15. The third-order valence-corrected chi connectivity index (χ3v) is 2.44. The van der Waals surface area contributed by atoms with Gasteiger partial charge in [0.1, 0.15) is 0 Å². The van der Waals surface area contributed by atoms with Crippen LogP contribution in [0.4, 0.5) is 5.69 Å². The van der Waals surface area contributed by atoms with E-state index in [1.807, 2.05) is 18.2 Å². The zero-order chi connectivity index (χ0) is 10.3. The standard InChI is InChI=1S/C11H13NO2/c1-11(2,14)8-3-4-9-7(5-8)6-10(13)12-9/h3-5,14H,6H2,1-2H3,(H,12,13). The molecule has 0 radical (unpaired) electrons. The molecule has 0 aliphatic carbocycles. The summed E-state index contributed by atoms with van der Waals surface area (Å²) in [7, 11) is 0. The fourth-order valence-electron chi connectivity index (χ4n) is 1.61. The van der Waals surface area contributed by atoms with Gasteiger partial charge in [-0.25, -0.2) is 0 Å². The minimum atomic E-state index is -0.847. The molecule has 1 aromatic rings. The van der Waals surface area contributed by atoms with Crippen LogP contribution in [-0.2, 0) is 16.8 Å². The predicted molar refractivity (Wildman–Crippen MR) is 54.0 cm³/mol. The van der Waals surface area contributed by atoms with Crippen LogP contribution in [0.5, 0.6) is 0 Å². The first-order valence-corrected chi connectivity index (χ1v) is 4.62. The fraction of sp³-hybridized carbons (Fsp3) is 0.364. The highest BCUT2D eigenvalue weighted by atomic mass is 16.3. The van der Waals surface area contributed by atoms with Crippen molar-refractivity contribution in [3.05, 3.63) is 29.3 Å². The van der Waals surface area contributed by atoms with Gasteiger partial charge >= 0.3 is 0 Å². The lowest BCUT2D eigenvalue weighted by molar-refractivity contribution is -0.115. The summed E-state index contributed by atoms with van der Waals surface area (Å²) in [6, 6.07) is 5.56. The summed E-state index contributed by atoms with van der Waals surface area (Å²) in [5, 5.41) is 12.5. The van der Waals surface area contributed by atoms with E-state index in [0.29, 0.717) is 6.42 Å². The molecule has 1 aliphatic heterocycles. The first-order valence-electron chi connectivity index (χ1n) is 4.62. The SMILES string of the molecule is CC(C)(O)c1ccc2c(c1)CC(=O)N2. The van der Waals surface area contributed by atoms with Crippen molar-refractivity contribution in [2.24, 2.45) is 0 Å². The topological polar surface area (TPSA) is 49.3 Å². The minimum Gasteiger partial charge on any atom is -0.386 e. The molecule has 1 aliphatic rings. The second-order valence-corrected chi connectivity index (χ2v) is 4.16. The molecule has 0 aromatic heterocycles. The van der Waals surface area contributed by atoms with Crippen molar-refractivity contribution < 1.29 is 9.90 Å². The number of nitrogens with one attached hydrogen (secondary N) is 1. The van der Waals surface area contributed by atoms with E-state index in [4.69, 9.17) is 0 Å². The lowest BCUT2D eigenvalue weighted by atomic mass is 9.96. The Morgan fingerprint density at radius 3 is 2.79 bits per heavy atom. The van der Waals surface area contributed by atoms with Gasteiger partial charge in [0.2, 0.25) is 5.91 Å². The number of anilines is 1. The van der Waals surface area contributed by atoms with Crippen LogP contribution in [0.3, 0.4) is 0 Å². The monoisotopic (exact) mass is 191 g/mol. The van der Waals surface area contributed by atoms with Crippen LogP contribution in [0.2, 0.25) is 0 Å². The summed E-state index contributed by atoms with van der Waals surface area (Å²) in [6.07, 6.45) is 0.416. The molecule has 0 unspecified atom stereocenters. The van der Waals surface area contributed by atoms with Gasteiger partial charge in [-0.3, -0.25) is 4.79 Å². The van der Waals surface area contributed by atoms with Gasteiger partial charge in [0.15, 0.2) is 0 Å². The Morgan fingerprint density at radius 1 is 1.43 bits per heavy atom. The molecular formula is C11H13NO2. The van der Waals surface area contributed by atoms with Gasteiger partial charge in [-0.15, -0.1) is 0 Å². The number of aliphatic hydroxyl groups is 1. The number of hydrogen-bond acceptors (Lipinski definition) is 2. The van der Waals surface area contributed by atoms with E-state index < -0.39 is 5.60 Å². The van der Waals surface area contributed by atoms with Gasteiger partial charge in [0.25, 0.3) is 0 Å². The molecule has 3 heteroatoms. The molecular weight excluding hydrogens is 178 g/mol. The Balaban J connectivity index is 2.43. The highest BCUT2D eigenvalue weighted by Crippen LogP contribution is 2.28. The number of amides is 1. The van der Waals surface area contributed by atoms with E-state index in [1.165, 1.54) is 0 Å². The molecule has 1 amide bonds. The van der Waals surface area contributed by atoms with Crippen molar-refractivity contribution in [2.45, 2.75) is 25.9 Å². The minimum absolute atomic E-state index is 0.0212. The zero-order valence-corrected chi connectivity index (χ0v) is 8.29. The van der Waals surface area contributed by atoms with Gasteiger partial charge < -0.3 is 10.4 Å². The van der Waals surface area contributed by atoms with Gasteiger partial charge in [-0.1, -0.05) is 12.1 Å². The maximum absolute atomic E-state index is 11.1. The quantitative estimate of drug-likeness (QED) is 0.705. The van der Waals surface area contributed by atoms with Crippen LogP contribution < -0.4 is 5.32 Å². The maximum Gasteiger partial charge on any atom is 0.228 e. The average molecular weight is 191 g/mol. The number of carbonyl (C=O) groups excluding carboxylic acids is 1. The van der Waals surface area contributed by atoms with Crippen LogP contribution in [0.15, 0.2) is 18.2 Å². The Kier molecular flexibility index (Phi) is 1.86. The van der Waals surface area contributed by atoms with E-state index in [2.05, 4.69) is 5.32 Å². The summed E-state index contributed by atoms with van der Waals surface area (Å²) >= 11 is 0. The molecule has 2 rings (SSSR count). The molecule has 1 heterocycles. The highest BCUT2D eigenvalue weighted by Gasteiger charge is 2.22. The number of hydrogen-bond donors (Lipinski definition) is 2. The number of benzene rings is 1. The molecule has 3 nitrogen and oxygen atoms in total. The zero-order valence-electron chi connectivity index (χ0n) is 8.29. The van der Waals surface area contributed by atoms with Gasteiger partial charge in [0.05, 0.1) is 12.0 Å². The van der Waals surface area contributed by atoms with Crippen LogP contribution in [0.25, 0.3) is 0 Å². The van der Waals surface area contributed by atoms with Crippen LogP contribution in [0.1, 0.15) is 25.0 Å². The molecule has 1 aromatic carbocycles. The lowest BCUT2D eigenvalue weighted by Gasteiger charge is -2.18. The summed E-state index contributed by atoms with van der Waals surface area (Å²) in [4.78, 5) is 11.1. The first kappa shape index (κ1) is 9.21. The third kappa shape index (κ3) is 1.51. The van der Waals surface area contributed by atoms with Crippen molar-refractivity contribution in [1.29, 1.82) is 0 Å². The first-order chi connectivity index (χ1) is 6.47. The molecule has 0 atom stereocenters. The van der Waals surface area contributed by atoms with Gasteiger partial charge in [0, 0.05) is 5.69 Å². The smallest absolute Gasteiger partial charge is 0.228 e. The molecule has 0 spiro atoms. The van der Waals surface area contributed by atoms with Crippen molar-refractivity contribution in [3.8, 4) is 0 Å². The second-order valence-electron chi connectivity index (χ2n) is 4.16. The van der Waals surface area contributed by atoms with Crippen LogP contribution >= 0.6 is 0 Å². The summed E-state index contributed by atoms with van der Waals surface area (Å²) in [5.74, 6) is 0.0212. The van der Waals surface area contributed by atoms with E-state index in [9.17, 15) is 9.90 Å². The highest BCUT2D eigenvalue weighted by molar-refractivity contribution is 5.99. The summed E-state index contributed by atoms with van der Waals surface area (Å²) in [6.45, 7) is 3.47. The van der Waals surface area contributed by atoms with E-state index in [0.717, 1.165) is 16.8 Å². The molecule has 74 valence electrons. The van der Waals surface area contributed by atoms with E-state index in [-0.39, 0.29) is 5.91 Å². The van der Waals surface area contributed by atoms with Crippen LogP contribution in [0, 0.1) is 0 Å². The third-order valence-electron chi connectivity index (χ3n) is 2.44. The summed E-state index contributed by atoms with van der Waals surface area (Å²) in [5.41, 5.74) is 1.83. The van der Waals surface area contributed by atoms with Gasteiger partial charge in [-0.2, -0.15) is 0 Å². The Bertz CT molecular complexity index is 391. The Labute approximate surface area is 82.8 Å². The van der Waals surface area contributed by atoms with Crippen molar-refractivity contribution in [3.63, 3.8) is 0 Å². The molecule has 0 fully saturated rings. The van der Waals surface area contributed by atoms with Crippen molar-refractivity contribution >= 4 is 11.6 Å². The molecule has 2 N–H and O–H groups in total. The fourth-order valence-corrected chi connectivity index (χ4v) is 1.61. The average Bonchev–Trinajstić information content (AvgIpc) is 2.41. The second kappa shape index (κ2) is 2.82. The molecule has 0 bridgehead atoms. The van der Waals surface area contributed by atoms with E-state index >= 15 is 0 Å². The van der Waals surface area contributed by atoms with Crippen molar-refractivity contribution in [2.75, 3.05) is 5.32 Å². The normalized spacial score (nSPS) is 15.2. The molecule has 0 saturated carbocycles. The number of rotatable bonds is 1. The van der Waals surface area contributed by atoms with Crippen molar-refractivity contribution in [1.82, 2.24) is 0 Å². The molecule has 14 heavy (non-hydrogen) atoms. The summed E-state index contributed by atoms with van der Waals surface area (Å²) < 4.78 is 0. The Hall–Kier alpha value is -1.35. The number of carbonyl (C=O) groups is 1. The molecule has 0 saturated heterocycles. The Morgan fingerprint density at radius 2 is 2.14 bits per heavy atom. The number of fused-ring (bicyclic) bond motifs is 1. The maximum atomic E-state index is 11.1. The van der Waals surface area contributed by atoms with E-state index in [1.54, 1.807) is 13.8 Å². The largest absolute Gasteiger partial charge is 0.386 e.